The molecular weight excluding hydrogens is 327 g/mol. The van der Waals surface area contributed by atoms with E-state index >= 15 is 0 Å². The smallest absolute Gasteiger partial charge is 0.237 e. The van der Waals surface area contributed by atoms with Gasteiger partial charge in [0.2, 0.25) is 11.8 Å². The topological polar surface area (TPSA) is 58.2 Å². The molecule has 2 rings (SSSR count). The van der Waals surface area contributed by atoms with E-state index in [4.69, 9.17) is 0 Å². The Kier molecular flexibility index (Phi) is 6.37. The fraction of sp³-hybridized carbons (Fsp3) is 0.222. The summed E-state index contributed by atoms with van der Waals surface area (Å²) in [6.07, 6.45) is 0.593. The Balaban J connectivity index is 2.07. The van der Waals surface area contributed by atoms with Crippen LogP contribution in [0.1, 0.15) is 20.3 Å². The Hall–Kier alpha value is -2.34. The number of thioether (sulfide) groups is 1. The number of rotatable bonds is 6. The number of amides is 2. The molecule has 2 aromatic rings. The highest BCUT2D eigenvalue weighted by molar-refractivity contribution is 8.00. The summed E-state index contributed by atoms with van der Waals surface area (Å²) >= 11 is 1.38. The first-order valence-electron chi connectivity index (χ1n) is 7.59. The van der Waals surface area contributed by atoms with E-state index in [2.05, 4.69) is 10.6 Å². The number of anilines is 2. The molecule has 126 valence electrons. The normalized spacial score (nSPS) is 11.6. The first kappa shape index (κ1) is 18.0. The van der Waals surface area contributed by atoms with Crippen molar-refractivity contribution in [3.05, 3.63) is 54.3 Å². The molecule has 2 amide bonds. The van der Waals surface area contributed by atoms with Gasteiger partial charge in [0.05, 0.1) is 10.9 Å². The van der Waals surface area contributed by atoms with E-state index in [-0.39, 0.29) is 22.8 Å². The van der Waals surface area contributed by atoms with Crippen LogP contribution in [0.3, 0.4) is 0 Å². The van der Waals surface area contributed by atoms with E-state index in [1.165, 1.54) is 30.8 Å². The molecule has 0 fully saturated rings. The summed E-state index contributed by atoms with van der Waals surface area (Å²) in [4.78, 5) is 24.4. The number of carbonyl (C=O) groups is 2. The highest BCUT2D eigenvalue weighted by Crippen LogP contribution is 2.28. The monoisotopic (exact) mass is 346 g/mol. The summed E-state index contributed by atoms with van der Waals surface area (Å²) in [6.45, 7) is 3.34. The van der Waals surface area contributed by atoms with Crippen molar-refractivity contribution in [2.24, 2.45) is 0 Å². The third-order valence-electron chi connectivity index (χ3n) is 3.23. The van der Waals surface area contributed by atoms with Crippen molar-refractivity contribution in [1.29, 1.82) is 0 Å². The van der Waals surface area contributed by atoms with E-state index in [9.17, 15) is 14.0 Å². The lowest BCUT2D eigenvalue weighted by molar-refractivity contribution is -0.116. The van der Waals surface area contributed by atoms with Gasteiger partial charge in [0.15, 0.2) is 0 Å². The standard InChI is InChI=1S/C18H19FN2O2S/c1-3-17(18(23)21-16-10-5-4-9-15(16)19)24-14-8-6-7-13(11-14)20-12(2)22/h4-11,17H,3H2,1-2H3,(H,20,22)(H,21,23). The van der Waals surface area contributed by atoms with Crippen LogP contribution in [0.25, 0.3) is 0 Å². The van der Waals surface area contributed by atoms with E-state index in [1.807, 2.05) is 25.1 Å². The quantitative estimate of drug-likeness (QED) is 0.767. The van der Waals surface area contributed by atoms with Crippen molar-refractivity contribution < 1.29 is 14.0 Å². The molecule has 0 aromatic heterocycles. The molecule has 0 heterocycles. The lowest BCUT2D eigenvalue weighted by Crippen LogP contribution is -2.25. The molecule has 1 atom stereocenters. The van der Waals surface area contributed by atoms with Gasteiger partial charge in [-0.15, -0.1) is 11.8 Å². The second-order valence-electron chi connectivity index (χ2n) is 5.19. The second-order valence-corrected chi connectivity index (χ2v) is 6.47. The number of benzene rings is 2. The van der Waals surface area contributed by atoms with Crippen LogP contribution in [0.15, 0.2) is 53.4 Å². The maximum atomic E-state index is 13.7. The lowest BCUT2D eigenvalue weighted by atomic mass is 10.2. The van der Waals surface area contributed by atoms with Gasteiger partial charge in [-0.05, 0) is 36.8 Å². The van der Waals surface area contributed by atoms with Gasteiger partial charge >= 0.3 is 0 Å². The molecule has 0 radical (unpaired) electrons. The molecule has 4 nitrogen and oxygen atoms in total. The molecule has 0 aliphatic heterocycles. The van der Waals surface area contributed by atoms with Gasteiger partial charge in [0.1, 0.15) is 5.82 Å². The highest BCUT2D eigenvalue weighted by Gasteiger charge is 2.19. The SMILES string of the molecule is CCC(Sc1cccc(NC(C)=O)c1)C(=O)Nc1ccccc1F. The Labute approximate surface area is 144 Å². The van der Waals surface area contributed by atoms with Gasteiger partial charge in [-0.3, -0.25) is 9.59 Å². The predicted octanol–water partition coefficient (Wildman–Crippen LogP) is 4.29. The Morgan fingerprint density at radius 3 is 2.54 bits per heavy atom. The van der Waals surface area contributed by atoms with Gasteiger partial charge in [-0.1, -0.05) is 25.1 Å². The van der Waals surface area contributed by atoms with Gasteiger partial charge in [-0.25, -0.2) is 4.39 Å². The van der Waals surface area contributed by atoms with Gasteiger partial charge in [0, 0.05) is 17.5 Å². The second kappa shape index (κ2) is 8.49. The van der Waals surface area contributed by atoms with E-state index in [0.29, 0.717) is 12.1 Å². The molecule has 6 heteroatoms. The zero-order chi connectivity index (χ0) is 17.5. The minimum atomic E-state index is -0.460. The third-order valence-corrected chi connectivity index (χ3v) is 4.59. The third kappa shape index (κ3) is 5.09. The van der Waals surface area contributed by atoms with Crippen LogP contribution in [0.4, 0.5) is 15.8 Å². The minimum Gasteiger partial charge on any atom is -0.326 e. The lowest BCUT2D eigenvalue weighted by Gasteiger charge is -2.15. The first-order valence-corrected chi connectivity index (χ1v) is 8.47. The molecule has 2 N–H and O–H groups in total. The maximum absolute atomic E-state index is 13.7. The fourth-order valence-corrected chi connectivity index (χ4v) is 3.13. The first-order chi connectivity index (χ1) is 11.5. The molecule has 0 saturated heterocycles. The molecule has 0 aliphatic rings. The van der Waals surface area contributed by atoms with Crippen LogP contribution >= 0.6 is 11.8 Å². The van der Waals surface area contributed by atoms with Crippen molar-refractivity contribution in [3.63, 3.8) is 0 Å². The number of nitrogens with one attached hydrogen (secondary N) is 2. The summed E-state index contributed by atoms with van der Waals surface area (Å²) in [7, 11) is 0. The van der Waals surface area contributed by atoms with Crippen LogP contribution in [0, 0.1) is 5.82 Å². The molecule has 2 aromatic carbocycles. The molecule has 24 heavy (non-hydrogen) atoms. The maximum Gasteiger partial charge on any atom is 0.237 e. The van der Waals surface area contributed by atoms with E-state index in [1.54, 1.807) is 18.2 Å². The van der Waals surface area contributed by atoms with Crippen LogP contribution in [-0.2, 0) is 9.59 Å². The molecule has 0 bridgehead atoms. The largest absolute Gasteiger partial charge is 0.326 e. The van der Waals surface area contributed by atoms with E-state index < -0.39 is 5.82 Å². The van der Waals surface area contributed by atoms with Crippen molar-refractivity contribution >= 4 is 35.0 Å². The van der Waals surface area contributed by atoms with Gasteiger partial charge < -0.3 is 10.6 Å². The Morgan fingerprint density at radius 2 is 1.88 bits per heavy atom. The molecular formula is C18H19FN2O2S. The molecule has 0 saturated carbocycles. The number of para-hydroxylation sites is 1. The summed E-state index contributed by atoms with van der Waals surface area (Å²) in [5, 5.41) is 4.97. The number of carbonyl (C=O) groups excluding carboxylic acids is 2. The van der Waals surface area contributed by atoms with Crippen molar-refractivity contribution in [3.8, 4) is 0 Å². The van der Waals surface area contributed by atoms with Gasteiger partial charge in [0.25, 0.3) is 0 Å². The highest BCUT2D eigenvalue weighted by atomic mass is 32.2. The van der Waals surface area contributed by atoms with Crippen LogP contribution in [-0.4, -0.2) is 17.1 Å². The Bertz CT molecular complexity index is 736. The zero-order valence-corrected chi connectivity index (χ0v) is 14.3. The van der Waals surface area contributed by atoms with Crippen LogP contribution in [0.5, 0.6) is 0 Å². The van der Waals surface area contributed by atoms with Crippen LogP contribution in [0.2, 0.25) is 0 Å². The summed E-state index contributed by atoms with van der Waals surface area (Å²) < 4.78 is 13.7. The Morgan fingerprint density at radius 1 is 1.12 bits per heavy atom. The summed E-state index contributed by atoms with van der Waals surface area (Å²) in [5.41, 5.74) is 0.852. The van der Waals surface area contributed by atoms with E-state index in [0.717, 1.165) is 4.90 Å². The minimum absolute atomic E-state index is 0.151. The van der Waals surface area contributed by atoms with Crippen molar-refractivity contribution in [1.82, 2.24) is 0 Å². The zero-order valence-electron chi connectivity index (χ0n) is 13.5. The van der Waals surface area contributed by atoms with Crippen LogP contribution < -0.4 is 10.6 Å². The fourth-order valence-electron chi connectivity index (χ4n) is 2.11. The summed E-state index contributed by atoms with van der Waals surface area (Å²) in [5.74, 6) is -0.864. The number of hydrogen-bond donors (Lipinski definition) is 2. The van der Waals surface area contributed by atoms with Crippen molar-refractivity contribution in [2.75, 3.05) is 10.6 Å². The van der Waals surface area contributed by atoms with Crippen molar-refractivity contribution in [2.45, 2.75) is 30.4 Å². The predicted molar refractivity (Wildman–Crippen MR) is 95.7 cm³/mol. The molecule has 0 spiro atoms. The molecule has 0 aliphatic carbocycles. The number of hydrogen-bond acceptors (Lipinski definition) is 3. The average Bonchev–Trinajstić information content (AvgIpc) is 2.54. The van der Waals surface area contributed by atoms with Gasteiger partial charge in [-0.2, -0.15) is 0 Å². The summed E-state index contributed by atoms with van der Waals surface area (Å²) in [6, 6.07) is 13.4. The number of halogens is 1. The molecule has 1 unspecified atom stereocenters. The average molecular weight is 346 g/mol.